The van der Waals surface area contributed by atoms with Crippen molar-refractivity contribution >= 4 is 23.0 Å². The number of hydrogen-bond donors (Lipinski definition) is 2. The first-order chi connectivity index (χ1) is 11.9. The second kappa shape index (κ2) is 6.76. The highest BCUT2D eigenvalue weighted by atomic mass is 19.1. The van der Waals surface area contributed by atoms with Crippen LogP contribution in [0.15, 0.2) is 42.5 Å². The van der Waals surface area contributed by atoms with Crippen LogP contribution in [0, 0.1) is 15.9 Å². The number of nitrogens with one attached hydrogen (secondary N) is 1. The average molecular weight is 344 g/mol. The zero-order valence-corrected chi connectivity index (χ0v) is 13.3. The number of likely N-dealkylation sites (tertiary alicyclic amines) is 1. The lowest BCUT2D eigenvalue weighted by atomic mass is 10.2. The standard InChI is InChI=1S/C17H17FN4O3/c18-12-3-1-11(2-4-12)10-21-8-7-14(17(21)23)20-15-9-13(19)5-6-16(15)22(24)25/h1-6,9,14,20H,7-8,10,19H2/t14-/m0/s1. The fourth-order valence-electron chi connectivity index (χ4n) is 2.86. The number of nitro benzene ring substituents is 1. The Labute approximate surface area is 143 Å². The van der Waals surface area contributed by atoms with E-state index < -0.39 is 11.0 Å². The van der Waals surface area contributed by atoms with Crippen molar-refractivity contribution < 1.29 is 14.1 Å². The van der Waals surface area contributed by atoms with Crippen molar-refractivity contribution in [3.63, 3.8) is 0 Å². The summed E-state index contributed by atoms with van der Waals surface area (Å²) in [5.74, 6) is -0.480. The molecule has 0 radical (unpaired) electrons. The molecule has 0 aliphatic carbocycles. The molecule has 0 saturated carbocycles. The Hall–Kier alpha value is -3.16. The molecule has 8 heteroatoms. The number of halogens is 1. The van der Waals surface area contributed by atoms with Crippen LogP contribution in [0.4, 0.5) is 21.5 Å². The Morgan fingerprint density at radius 1 is 1.28 bits per heavy atom. The van der Waals surface area contributed by atoms with E-state index in [1.807, 2.05) is 0 Å². The van der Waals surface area contributed by atoms with Gasteiger partial charge in [0.25, 0.3) is 5.69 Å². The number of rotatable bonds is 5. The maximum Gasteiger partial charge on any atom is 0.292 e. The van der Waals surface area contributed by atoms with Gasteiger partial charge < -0.3 is 16.0 Å². The Balaban J connectivity index is 1.71. The maximum atomic E-state index is 13.0. The highest BCUT2D eigenvalue weighted by Crippen LogP contribution is 2.29. The zero-order valence-electron chi connectivity index (χ0n) is 13.3. The second-order valence-corrected chi connectivity index (χ2v) is 5.91. The molecule has 1 fully saturated rings. The summed E-state index contributed by atoms with van der Waals surface area (Å²) in [6, 6.07) is 9.62. The van der Waals surface area contributed by atoms with Gasteiger partial charge in [-0.1, -0.05) is 12.1 Å². The Morgan fingerprint density at radius 2 is 2.00 bits per heavy atom. The fourth-order valence-corrected chi connectivity index (χ4v) is 2.86. The molecule has 1 heterocycles. The van der Waals surface area contributed by atoms with E-state index in [-0.39, 0.29) is 23.1 Å². The highest BCUT2D eigenvalue weighted by molar-refractivity contribution is 5.87. The van der Waals surface area contributed by atoms with Crippen molar-refractivity contribution in [2.24, 2.45) is 0 Å². The SMILES string of the molecule is Nc1ccc([N+](=O)[O-])c(N[C@H]2CCN(Cc3ccc(F)cc3)C2=O)c1. The number of nitrogen functional groups attached to an aromatic ring is 1. The Kier molecular flexibility index (Phi) is 4.51. The van der Waals surface area contributed by atoms with Crippen molar-refractivity contribution in [2.75, 3.05) is 17.6 Å². The molecule has 0 bridgehead atoms. The van der Waals surface area contributed by atoms with E-state index >= 15 is 0 Å². The minimum atomic E-state index is -0.555. The number of anilines is 2. The number of hydrogen-bond acceptors (Lipinski definition) is 5. The summed E-state index contributed by atoms with van der Waals surface area (Å²) >= 11 is 0. The molecule has 0 spiro atoms. The van der Waals surface area contributed by atoms with Gasteiger partial charge in [0.15, 0.2) is 0 Å². The van der Waals surface area contributed by atoms with Crippen molar-refractivity contribution in [1.82, 2.24) is 4.90 Å². The lowest BCUT2D eigenvalue weighted by Crippen LogP contribution is -2.33. The van der Waals surface area contributed by atoms with Crippen LogP contribution >= 0.6 is 0 Å². The molecule has 0 unspecified atom stereocenters. The van der Waals surface area contributed by atoms with Gasteiger partial charge >= 0.3 is 0 Å². The predicted molar refractivity (Wildman–Crippen MR) is 91.4 cm³/mol. The van der Waals surface area contributed by atoms with Gasteiger partial charge in [0.1, 0.15) is 17.5 Å². The Morgan fingerprint density at radius 3 is 2.68 bits per heavy atom. The molecule has 3 rings (SSSR count). The molecule has 1 amide bonds. The molecule has 2 aromatic carbocycles. The van der Waals surface area contributed by atoms with Crippen molar-refractivity contribution in [1.29, 1.82) is 0 Å². The summed E-state index contributed by atoms with van der Waals surface area (Å²) in [7, 11) is 0. The van der Waals surface area contributed by atoms with Crippen LogP contribution in [-0.2, 0) is 11.3 Å². The summed E-state index contributed by atoms with van der Waals surface area (Å²) in [5.41, 5.74) is 6.99. The molecule has 1 aliphatic heterocycles. The first-order valence-electron chi connectivity index (χ1n) is 7.78. The van der Waals surface area contributed by atoms with Crippen molar-refractivity contribution in [3.8, 4) is 0 Å². The summed E-state index contributed by atoms with van der Waals surface area (Å²) in [4.78, 5) is 24.8. The summed E-state index contributed by atoms with van der Waals surface area (Å²) in [6.07, 6.45) is 0.520. The first kappa shape index (κ1) is 16.7. The fraction of sp³-hybridized carbons (Fsp3) is 0.235. The molecular weight excluding hydrogens is 327 g/mol. The number of nitro groups is 1. The smallest absolute Gasteiger partial charge is 0.292 e. The van der Waals surface area contributed by atoms with Gasteiger partial charge in [-0.25, -0.2) is 4.39 Å². The summed E-state index contributed by atoms with van der Waals surface area (Å²) < 4.78 is 13.0. The molecule has 0 aromatic heterocycles. The number of benzene rings is 2. The van der Waals surface area contributed by atoms with Gasteiger partial charge in [-0.2, -0.15) is 0 Å². The third-order valence-electron chi connectivity index (χ3n) is 4.13. The van der Waals surface area contributed by atoms with E-state index in [4.69, 9.17) is 5.73 Å². The monoisotopic (exact) mass is 344 g/mol. The van der Waals surface area contributed by atoms with Crippen LogP contribution in [0.1, 0.15) is 12.0 Å². The van der Waals surface area contributed by atoms with Crippen LogP contribution in [-0.4, -0.2) is 28.3 Å². The first-order valence-corrected chi connectivity index (χ1v) is 7.78. The normalized spacial score (nSPS) is 16.9. The quantitative estimate of drug-likeness (QED) is 0.493. The summed E-state index contributed by atoms with van der Waals surface area (Å²) in [5, 5.41) is 14.1. The van der Waals surface area contributed by atoms with Gasteiger partial charge in [0.2, 0.25) is 5.91 Å². The van der Waals surface area contributed by atoms with E-state index in [1.165, 1.54) is 30.3 Å². The molecule has 7 nitrogen and oxygen atoms in total. The highest BCUT2D eigenvalue weighted by Gasteiger charge is 2.32. The lowest BCUT2D eigenvalue weighted by molar-refractivity contribution is -0.384. The van der Waals surface area contributed by atoms with E-state index in [1.54, 1.807) is 17.0 Å². The molecule has 2 aromatic rings. The average Bonchev–Trinajstić information content (AvgIpc) is 2.90. The van der Waals surface area contributed by atoms with Crippen LogP contribution in [0.5, 0.6) is 0 Å². The topological polar surface area (TPSA) is 102 Å². The van der Waals surface area contributed by atoms with E-state index in [0.29, 0.717) is 25.2 Å². The molecule has 1 atom stereocenters. The third kappa shape index (κ3) is 3.68. The number of carbonyl (C=O) groups excluding carboxylic acids is 1. The van der Waals surface area contributed by atoms with E-state index in [0.717, 1.165) is 5.56 Å². The van der Waals surface area contributed by atoms with Crippen molar-refractivity contribution in [2.45, 2.75) is 19.0 Å². The second-order valence-electron chi connectivity index (χ2n) is 5.91. The molecule has 1 aliphatic rings. The van der Waals surface area contributed by atoms with Crippen LogP contribution < -0.4 is 11.1 Å². The number of amides is 1. The molecule has 25 heavy (non-hydrogen) atoms. The van der Waals surface area contributed by atoms with Gasteiger partial charge in [-0.3, -0.25) is 14.9 Å². The zero-order chi connectivity index (χ0) is 18.0. The van der Waals surface area contributed by atoms with Gasteiger partial charge in [0, 0.05) is 24.8 Å². The molecule has 130 valence electrons. The van der Waals surface area contributed by atoms with Gasteiger partial charge in [-0.05, 0) is 36.2 Å². The van der Waals surface area contributed by atoms with Crippen LogP contribution in [0.3, 0.4) is 0 Å². The van der Waals surface area contributed by atoms with Crippen LogP contribution in [0.2, 0.25) is 0 Å². The largest absolute Gasteiger partial charge is 0.399 e. The lowest BCUT2D eigenvalue weighted by Gasteiger charge is -2.18. The van der Waals surface area contributed by atoms with Gasteiger partial charge in [0.05, 0.1) is 4.92 Å². The molecular formula is C17H17FN4O3. The minimum absolute atomic E-state index is 0.126. The Bertz CT molecular complexity index is 810. The van der Waals surface area contributed by atoms with Crippen LogP contribution in [0.25, 0.3) is 0 Å². The third-order valence-corrected chi connectivity index (χ3v) is 4.13. The van der Waals surface area contributed by atoms with E-state index in [9.17, 15) is 19.3 Å². The van der Waals surface area contributed by atoms with Gasteiger partial charge in [-0.15, -0.1) is 0 Å². The number of carbonyl (C=O) groups is 1. The maximum absolute atomic E-state index is 13.0. The molecule has 3 N–H and O–H groups in total. The van der Waals surface area contributed by atoms with E-state index in [2.05, 4.69) is 5.32 Å². The number of nitrogens with two attached hydrogens (primary N) is 1. The number of nitrogens with zero attached hydrogens (tertiary/aromatic N) is 2. The minimum Gasteiger partial charge on any atom is -0.399 e. The van der Waals surface area contributed by atoms with Crippen molar-refractivity contribution in [3.05, 3.63) is 64.0 Å². The molecule has 1 saturated heterocycles. The predicted octanol–water partition coefficient (Wildman–Crippen LogP) is 2.53. The summed E-state index contributed by atoms with van der Waals surface area (Å²) in [6.45, 7) is 0.889.